The molecule has 0 aromatic heterocycles. The van der Waals surface area contributed by atoms with E-state index in [9.17, 15) is 9.90 Å². The first-order chi connectivity index (χ1) is 8.70. The van der Waals surface area contributed by atoms with Crippen LogP contribution in [0, 0.1) is 5.92 Å². The summed E-state index contributed by atoms with van der Waals surface area (Å²) in [5, 5.41) is 12.8. The highest BCUT2D eigenvalue weighted by molar-refractivity contribution is 6.30. The van der Waals surface area contributed by atoms with Crippen LogP contribution in [0.25, 0.3) is 0 Å². The molecule has 1 aliphatic heterocycles. The molecular weight excluding hydrogens is 254 g/mol. The van der Waals surface area contributed by atoms with Crippen molar-refractivity contribution in [2.45, 2.75) is 12.5 Å². The lowest BCUT2D eigenvalue weighted by molar-refractivity contribution is -0.126. The highest BCUT2D eigenvalue weighted by Gasteiger charge is 2.25. The molecule has 0 radical (unpaired) electrons. The predicted octanol–water partition coefficient (Wildman–Crippen LogP) is 1.53. The van der Waals surface area contributed by atoms with E-state index in [1.165, 1.54) is 0 Å². The topological polar surface area (TPSA) is 58.6 Å². The second kappa shape index (κ2) is 6.18. The maximum Gasteiger partial charge on any atom is 0.226 e. The molecule has 5 heteroatoms. The molecule has 4 nitrogen and oxygen atoms in total. The van der Waals surface area contributed by atoms with Crippen molar-refractivity contribution >= 4 is 17.5 Å². The summed E-state index contributed by atoms with van der Waals surface area (Å²) in [6.45, 7) is 0.953. The van der Waals surface area contributed by atoms with Gasteiger partial charge in [-0.25, -0.2) is 0 Å². The average Bonchev–Trinajstić information content (AvgIpc) is 2.91. The van der Waals surface area contributed by atoms with Crippen LogP contribution in [0.1, 0.15) is 18.0 Å². The van der Waals surface area contributed by atoms with Gasteiger partial charge < -0.3 is 15.2 Å². The van der Waals surface area contributed by atoms with E-state index in [-0.39, 0.29) is 18.4 Å². The Morgan fingerprint density at radius 3 is 2.78 bits per heavy atom. The molecule has 2 atom stereocenters. The lowest BCUT2D eigenvalue weighted by Gasteiger charge is -2.18. The molecule has 1 fully saturated rings. The Labute approximate surface area is 111 Å². The van der Waals surface area contributed by atoms with Gasteiger partial charge in [0, 0.05) is 11.6 Å². The van der Waals surface area contributed by atoms with Crippen LogP contribution in [0.3, 0.4) is 0 Å². The second-order valence-electron chi connectivity index (χ2n) is 4.36. The molecular formula is C13H16ClNO3. The number of halogens is 1. The molecule has 18 heavy (non-hydrogen) atoms. The fourth-order valence-electron chi connectivity index (χ4n) is 1.96. The van der Waals surface area contributed by atoms with Crippen molar-refractivity contribution in [2.24, 2.45) is 5.92 Å². The van der Waals surface area contributed by atoms with Crippen LogP contribution in [0.4, 0.5) is 0 Å². The molecule has 0 saturated carbocycles. The number of aliphatic hydroxyl groups excluding tert-OH is 1. The Bertz CT molecular complexity index is 401. The molecule has 1 aliphatic rings. The molecule has 1 heterocycles. The van der Waals surface area contributed by atoms with Gasteiger partial charge in [-0.15, -0.1) is 0 Å². The monoisotopic (exact) mass is 269 g/mol. The summed E-state index contributed by atoms with van der Waals surface area (Å²) >= 11 is 5.80. The summed E-state index contributed by atoms with van der Waals surface area (Å²) in [7, 11) is 0. The second-order valence-corrected chi connectivity index (χ2v) is 4.79. The first-order valence-corrected chi connectivity index (χ1v) is 6.33. The number of rotatable bonds is 4. The van der Waals surface area contributed by atoms with Gasteiger partial charge in [0.1, 0.15) is 0 Å². The minimum Gasteiger partial charge on any atom is -0.394 e. The SMILES string of the molecule is O=C(NC(CO)c1ccc(Cl)cc1)C1CCOC1. The summed E-state index contributed by atoms with van der Waals surface area (Å²) in [5.41, 5.74) is 0.842. The third kappa shape index (κ3) is 3.22. The van der Waals surface area contributed by atoms with E-state index < -0.39 is 6.04 Å². The lowest BCUT2D eigenvalue weighted by Crippen LogP contribution is -2.35. The van der Waals surface area contributed by atoms with Gasteiger partial charge in [-0.3, -0.25) is 4.79 Å². The number of carbonyl (C=O) groups is 1. The van der Waals surface area contributed by atoms with E-state index in [0.29, 0.717) is 18.2 Å². The fourth-order valence-corrected chi connectivity index (χ4v) is 2.09. The standard InChI is InChI=1S/C13H16ClNO3/c14-11-3-1-9(2-4-11)12(7-16)15-13(17)10-5-6-18-8-10/h1-4,10,12,16H,5-8H2,(H,15,17). The number of benzene rings is 1. The first-order valence-electron chi connectivity index (χ1n) is 5.95. The number of ether oxygens (including phenoxy) is 1. The molecule has 2 rings (SSSR count). The van der Waals surface area contributed by atoms with Gasteiger partial charge in [-0.05, 0) is 24.1 Å². The molecule has 2 unspecified atom stereocenters. The smallest absolute Gasteiger partial charge is 0.226 e. The van der Waals surface area contributed by atoms with Crippen molar-refractivity contribution < 1.29 is 14.6 Å². The number of nitrogens with one attached hydrogen (secondary N) is 1. The van der Waals surface area contributed by atoms with E-state index >= 15 is 0 Å². The molecule has 1 aromatic carbocycles. The molecule has 1 saturated heterocycles. The van der Waals surface area contributed by atoms with Crippen LogP contribution in [0.2, 0.25) is 5.02 Å². The van der Waals surface area contributed by atoms with Gasteiger partial charge in [0.2, 0.25) is 5.91 Å². The molecule has 0 bridgehead atoms. The zero-order chi connectivity index (χ0) is 13.0. The summed E-state index contributed by atoms with van der Waals surface area (Å²) in [6.07, 6.45) is 0.741. The maximum atomic E-state index is 11.9. The Morgan fingerprint density at radius 1 is 1.50 bits per heavy atom. The third-order valence-electron chi connectivity index (χ3n) is 3.07. The third-order valence-corrected chi connectivity index (χ3v) is 3.32. The van der Waals surface area contributed by atoms with Crippen LogP contribution in [-0.2, 0) is 9.53 Å². The molecule has 0 aliphatic carbocycles. The van der Waals surface area contributed by atoms with E-state index in [1.54, 1.807) is 24.3 Å². The van der Waals surface area contributed by atoms with Crippen molar-refractivity contribution in [2.75, 3.05) is 19.8 Å². The van der Waals surface area contributed by atoms with E-state index in [2.05, 4.69) is 5.32 Å². The van der Waals surface area contributed by atoms with Gasteiger partial charge in [0.25, 0.3) is 0 Å². The molecule has 0 spiro atoms. The highest BCUT2D eigenvalue weighted by Crippen LogP contribution is 2.18. The van der Waals surface area contributed by atoms with Crippen molar-refractivity contribution in [3.63, 3.8) is 0 Å². The summed E-state index contributed by atoms with van der Waals surface area (Å²) < 4.78 is 5.17. The van der Waals surface area contributed by atoms with Crippen molar-refractivity contribution in [1.82, 2.24) is 5.32 Å². The average molecular weight is 270 g/mol. The lowest BCUT2D eigenvalue weighted by atomic mass is 10.0. The maximum absolute atomic E-state index is 11.9. The molecule has 98 valence electrons. The first kappa shape index (κ1) is 13.3. The van der Waals surface area contributed by atoms with Crippen LogP contribution in [0.5, 0.6) is 0 Å². The van der Waals surface area contributed by atoms with Crippen LogP contribution < -0.4 is 5.32 Å². The van der Waals surface area contributed by atoms with Crippen LogP contribution in [-0.4, -0.2) is 30.8 Å². The van der Waals surface area contributed by atoms with Gasteiger partial charge in [-0.2, -0.15) is 0 Å². The van der Waals surface area contributed by atoms with E-state index in [0.717, 1.165) is 12.0 Å². The Morgan fingerprint density at radius 2 is 2.22 bits per heavy atom. The number of aliphatic hydroxyl groups is 1. The Hall–Kier alpha value is -1.10. The van der Waals surface area contributed by atoms with Crippen molar-refractivity contribution in [3.8, 4) is 0 Å². The zero-order valence-corrected chi connectivity index (χ0v) is 10.7. The predicted molar refractivity (Wildman–Crippen MR) is 68.3 cm³/mol. The van der Waals surface area contributed by atoms with E-state index in [4.69, 9.17) is 16.3 Å². The summed E-state index contributed by atoms with van der Waals surface area (Å²) in [4.78, 5) is 11.9. The molecule has 1 aromatic rings. The van der Waals surface area contributed by atoms with Crippen LogP contribution >= 0.6 is 11.6 Å². The number of hydrogen-bond acceptors (Lipinski definition) is 3. The fraction of sp³-hybridized carbons (Fsp3) is 0.462. The molecule has 1 amide bonds. The largest absolute Gasteiger partial charge is 0.394 e. The number of hydrogen-bond donors (Lipinski definition) is 2. The van der Waals surface area contributed by atoms with E-state index in [1.807, 2.05) is 0 Å². The summed E-state index contributed by atoms with van der Waals surface area (Å²) in [6, 6.07) is 6.69. The normalized spacial score (nSPS) is 20.7. The quantitative estimate of drug-likeness (QED) is 0.871. The highest BCUT2D eigenvalue weighted by atomic mass is 35.5. The number of amides is 1. The van der Waals surface area contributed by atoms with Gasteiger partial charge in [0.05, 0.1) is 25.2 Å². The van der Waals surface area contributed by atoms with Gasteiger partial charge >= 0.3 is 0 Å². The minimum atomic E-state index is -0.393. The minimum absolute atomic E-state index is 0.0681. The van der Waals surface area contributed by atoms with Gasteiger partial charge in [0.15, 0.2) is 0 Å². The molecule has 2 N–H and O–H groups in total. The zero-order valence-electron chi connectivity index (χ0n) is 9.93. The van der Waals surface area contributed by atoms with Gasteiger partial charge in [-0.1, -0.05) is 23.7 Å². The summed E-state index contributed by atoms with van der Waals surface area (Å²) in [5.74, 6) is -0.173. The van der Waals surface area contributed by atoms with Crippen LogP contribution in [0.15, 0.2) is 24.3 Å². The van der Waals surface area contributed by atoms with Crippen molar-refractivity contribution in [1.29, 1.82) is 0 Å². The number of carbonyl (C=O) groups excluding carboxylic acids is 1. The van der Waals surface area contributed by atoms with Crippen molar-refractivity contribution in [3.05, 3.63) is 34.9 Å². The Balaban J connectivity index is 2.00. The Kier molecular flexibility index (Phi) is 4.58.